The molecule has 0 spiro atoms. The maximum absolute atomic E-state index is 12.2. The Bertz CT molecular complexity index is 810. The molecule has 0 aromatic heterocycles. The fourth-order valence-electron chi connectivity index (χ4n) is 2.16. The highest BCUT2D eigenvalue weighted by molar-refractivity contribution is 9.13. The number of nitrogens with one attached hydrogen (secondary N) is 1. The first kappa shape index (κ1) is 20.3. The van der Waals surface area contributed by atoms with Crippen molar-refractivity contribution in [3.05, 3.63) is 44.8 Å². The predicted molar refractivity (Wildman–Crippen MR) is 106 cm³/mol. The number of aldehydes is 1. The van der Waals surface area contributed by atoms with Crippen LogP contribution in [0, 0.1) is 0 Å². The predicted octanol–water partition coefficient (Wildman–Crippen LogP) is 4.45. The van der Waals surface area contributed by atoms with E-state index in [2.05, 4.69) is 37.2 Å². The number of hydrogen-bond acceptors (Lipinski definition) is 5. The molecule has 138 valence electrons. The Labute approximate surface area is 168 Å². The first-order valence-corrected chi connectivity index (χ1v) is 9.26. The lowest BCUT2D eigenvalue weighted by molar-refractivity contribution is -0.118. The summed E-state index contributed by atoms with van der Waals surface area (Å²) >= 11 is 6.70. The van der Waals surface area contributed by atoms with E-state index in [9.17, 15) is 9.59 Å². The van der Waals surface area contributed by atoms with Crippen molar-refractivity contribution < 1.29 is 23.8 Å². The van der Waals surface area contributed by atoms with Crippen LogP contribution in [-0.4, -0.2) is 32.5 Å². The van der Waals surface area contributed by atoms with Gasteiger partial charge in [-0.3, -0.25) is 9.59 Å². The number of ether oxygens (including phenoxy) is 3. The van der Waals surface area contributed by atoms with Gasteiger partial charge in [-0.25, -0.2) is 0 Å². The SMILES string of the molecule is CCOc1cc(C=O)c(Br)c(Br)c1OCC(=O)Nc1ccccc1OC. The second-order valence-electron chi connectivity index (χ2n) is 5.01. The zero-order valence-corrected chi connectivity index (χ0v) is 17.3. The summed E-state index contributed by atoms with van der Waals surface area (Å²) in [4.78, 5) is 23.4. The van der Waals surface area contributed by atoms with Gasteiger partial charge < -0.3 is 19.5 Å². The van der Waals surface area contributed by atoms with E-state index in [1.165, 1.54) is 7.11 Å². The van der Waals surface area contributed by atoms with E-state index < -0.39 is 0 Å². The average molecular weight is 487 g/mol. The van der Waals surface area contributed by atoms with Crippen LogP contribution >= 0.6 is 31.9 Å². The molecule has 26 heavy (non-hydrogen) atoms. The molecule has 0 radical (unpaired) electrons. The molecule has 2 aromatic rings. The van der Waals surface area contributed by atoms with E-state index in [0.717, 1.165) is 0 Å². The van der Waals surface area contributed by atoms with Gasteiger partial charge in [0.1, 0.15) is 5.75 Å². The molecule has 0 heterocycles. The molecule has 2 rings (SSSR count). The van der Waals surface area contributed by atoms with Crippen LogP contribution in [0.5, 0.6) is 17.2 Å². The third kappa shape index (κ3) is 4.76. The van der Waals surface area contributed by atoms with Gasteiger partial charge in [0, 0.05) is 10.0 Å². The van der Waals surface area contributed by atoms with Crippen molar-refractivity contribution in [3.8, 4) is 17.2 Å². The Kier molecular flexibility index (Phi) is 7.47. The highest BCUT2D eigenvalue weighted by Crippen LogP contribution is 2.42. The number of carbonyl (C=O) groups is 2. The molecule has 0 fully saturated rings. The van der Waals surface area contributed by atoms with Crippen molar-refractivity contribution in [1.82, 2.24) is 0 Å². The monoisotopic (exact) mass is 485 g/mol. The van der Waals surface area contributed by atoms with E-state index in [1.54, 1.807) is 24.3 Å². The van der Waals surface area contributed by atoms with E-state index in [-0.39, 0.29) is 12.5 Å². The Balaban J connectivity index is 2.16. The van der Waals surface area contributed by atoms with Gasteiger partial charge in [0.05, 0.1) is 23.9 Å². The number of methoxy groups -OCH3 is 1. The van der Waals surface area contributed by atoms with Gasteiger partial charge in [0.15, 0.2) is 24.4 Å². The lowest BCUT2D eigenvalue weighted by atomic mass is 10.2. The number of halogens is 2. The van der Waals surface area contributed by atoms with Crippen molar-refractivity contribution >= 4 is 49.7 Å². The van der Waals surface area contributed by atoms with Gasteiger partial charge >= 0.3 is 0 Å². The van der Waals surface area contributed by atoms with Crippen LogP contribution in [0.2, 0.25) is 0 Å². The van der Waals surface area contributed by atoms with Gasteiger partial charge in [-0.1, -0.05) is 12.1 Å². The number of anilines is 1. The molecule has 1 amide bonds. The molecule has 8 heteroatoms. The first-order chi connectivity index (χ1) is 12.5. The summed E-state index contributed by atoms with van der Waals surface area (Å²) in [6.45, 7) is 1.95. The highest BCUT2D eigenvalue weighted by atomic mass is 79.9. The van der Waals surface area contributed by atoms with E-state index in [4.69, 9.17) is 14.2 Å². The number of para-hydroxylation sites is 2. The fourth-order valence-corrected chi connectivity index (χ4v) is 3.09. The number of carbonyl (C=O) groups excluding carboxylic acids is 2. The minimum absolute atomic E-state index is 0.246. The summed E-state index contributed by atoms with van der Waals surface area (Å²) in [6.07, 6.45) is 0.704. The molecule has 0 aliphatic heterocycles. The maximum Gasteiger partial charge on any atom is 0.262 e. The molecule has 0 bridgehead atoms. The topological polar surface area (TPSA) is 73.9 Å². The summed E-state index contributed by atoms with van der Waals surface area (Å²) < 4.78 is 17.4. The van der Waals surface area contributed by atoms with Gasteiger partial charge in [-0.15, -0.1) is 0 Å². The van der Waals surface area contributed by atoms with Gasteiger partial charge in [-0.2, -0.15) is 0 Å². The lowest BCUT2D eigenvalue weighted by Crippen LogP contribution is -2.21. The molecule has 0 atom stereocenters. The molecule has 6 nitrogen and oxygen atoms in total. The van der Waals surface area contributed by atoms with Gasteiger partial charge in [0.2, 0.25) is 0 Å². The second kappa shape index (κ2) is 9.59. The van der Waals surface area contributed by atoms with Crippen molar-refractivity contribution in [2.24, 2.45) is 0 Å². The van der Waals surface area contributed by atoms with Crippen LogP contribution in [0.25, 0.3) is 0 Å². The molecular weight excluding hydrogens is 470 g/mol. The van der Waals surface area contributed by atoms with E-state index in [0.29, 0.717) is 50.3 Å². The minimum atomic E-state index is -0.362. The zero-order valence-electron chi connectivity index (χ0n) is 14.2. The van der Waals surface area contributed by atoms with Crippen LogP contribution in [0.15, 0.2) is 39.3 Å². The van der Waals surface area contributed by atoms with Crippen molar-refractivity contribution in [2.45, 2.75) is 6.92 Å². The quantitative estimate of drug-likeness (QED) is 0.558. The molecule has 2 aromatic carbocycles. The van der Waals surface area contributed by atoms with Gasteiger partial charge in [-0.05, 0) is 57.0 Å². The Morgan fingerprint density at radius 1 is 1.15 bits per heavy atom. The van der Waals surface area contributed by atoms with Crippen molar-refractivity contribution in [2.75, 3.05) is 25.6 Å². The minimum Gasteiger partial charge on any atom is -0.495 e. The maximum atomic E-state index is 12.2. The van der Waals surface area contributed by atoms with Crippen LogP contribution in [0.4, 0.5) is 5.69 Å². The standard InChI is InChI=1S/C18H17Br2NO5/c1-3-25-14-8-11(9-22)16(19)17(20)18(14)26-10-15(23)21-12-6-4-5-7-13(12)24-2/h4-9H,3,10H2,1-2H3,(H,21,23). The number of rotatable bonds is 8. The van der Waals surface area contributed by atoms with Crippen molar-refractivity contribution in [3.63, 3.8) is 0 Å². The number of benzene rings is 2. The normalized spacial score (nSPS) is 10.2. The molecule has 0 saturated heterocycles. The van der Waals surface area contributed by atoms with E-state index in [1.807, 2.05) is 13.0 Å². The van der Waals surface area contributed by atoms with Gasteiger partial charge in [0.25, 0.3) is 5.91 Å². The highest BCUT2D eigenvalue weighted by Gasteiger charge is 2.18. The summed E-state index contributed by atoms with van der Waals surface area (Å²) in [7, 11) is 1.53. The molecule has 0 saturated carbocycles. The third-order valence-electron chi connectivity index (χ3n) is 3.31. The fraction of sp³-hybridized carbons (Fsp3) is 0.222. The summed E-state index contributed by atoms with van der Waals surface area (Å²) in [6, 6.07) is 8.63. The molecule has 1 N–H and O–H groups in total. The smallest absolute Gasteiger partial charge is 0.262 e. The van der Waals surface area contributed by atoms with Crippen LogP contribution < -0.4 is 19.5 Å². The zero-order chi connectivity index (χ0) is 19.1. The second-order valence-corrected chi connectivity index (χ2v) is 6.60. The van der Waals surface area contributed by atoms with Crippen molar-refractivity contribution in [1.29, 1.82) is 0 Å². The molecule has 0 unspecified atom stereocenters. The first-order valence-electron chi connectivity index (χ1n) is 7.67. The largest absolute Gasteiger partial charge is 0.495 e. The number of amides is 1. The molecule has 0 aliphatic rings. The lowest BCUT2D eigenvalue weighted by Gasteiger charge is -2.16. The summed E-state index contributed by atoms with van der Waals surface area (Å²) in [5, 5.41) is 2.73. The molecule has 0 aliphatic carbocycles. The summed E-state index contributed by atoms with van der Waals surface area (Å²) in [5.41, 5.74) is 0.955. The Morgan fingerprint density at radius 3 is 2.54 bits per heavy atom. The Hall–Kier alpha value is -2.06. The van der Waals surface area contributed by atoms with Crippen LogP contribution in [0.1, 0.15) is 17.3 Å². The average Bonchev–Trinajstić information content (AvgIpc) is 2.64. The third-order valence-corrected chi connectivity index (χ3v) is 5.45. The number of hydrogen-bond donors (Lipinski definition) is 1. The molecular formula is C18H17Br2NO5. The van der Waals surface area contributed by atoms with Crippen LogP contribution in [-0.2, 0) is 4.79 Å². The van der Waals surface area contributed by atoms with E-state index >= 15 is 0 Å². The summed E-state index contributed by atoms with van der Waals surface area (Å²) in [5.74, 6) is 0.892. The Morgan fingerprint density at radius 2 is 1.88 bits per heavy atom. The van der Waals surface area contributed by atoms with Crippen LogP contribution in [0.3, 0.4) is 0 Å².